The minimum atomic E-state index is -0.443. The Morgan fingerprint density at radius 2 is 2.06 bits per heavy atom. The summed E-state index contributed by atoms with van der Waals surface area (Å²) in [6, 6.07) is 0. The second kappa shape index (κ2) is 5.45. The van der Waals surface area contributed by atoms with Crippen LogP contribution in [0.2, 0.25) is 0 Å². The van der Waals surface area contributed by atoms with Crippen LogP contribution in [0.1, 0.15) is 32.6 Å². The molecule has 2 aliphatic rings. The van der Waals surface area contributed by atoms with Crippen molar-refractivity contribution in [2.45, 2.75) is 44.5 Å². The van der Waals surface area contributed by atoms with Gasteiger partial charge >= 0.3 is 0 Å². The van der Waals surface area contributed by atoms with Gasteiger partial charge in [0.25, 0.3) is 0 Å². The summed E-state index contributed by atoms with van der Waals surface area (Å²) in [6.45, 7) is 4.52. The summed E-state index contributed by atoms with van der Waals surface area (Å²) in [7, 11) is 0. The number of hydrogen-bond acceptors (Lipinski definition) is 4. The largest absolute Gasteiger partial charge is 0.396 e. The number of hydrogen-bond donors (Lipinski definition) is 1. The summed E-state index contributed by atoms with van der Waals surface area (Å²) < 4.78 is 16.9. The average molecular weight is 230 g/mol. The molecule has 2 fully saturated rings. The molecule has 94 valence electrons. The second-order valence-electron chi connectivity index (χ2n) is 4.96. The van der Waals surface area contributed by atoms with Gasteiger partial charge in [0, 0.05) is 26.2 Å². The number of rotatable bonds is 4. The molecule has 2 aliphatic heterocycles. The normalized spacial score (nSPS) is 36.8. The van der Waals surface area contributed by atoms with E-state index < -0.39 is 5.79 Å². The van der Waals surface area contributed by atoms with E-state index >= 15 is 0 Å². The third-order valence-electron chi connectivity index (χ3n) is 3.44. The molecule has 2 unspecified atom stereocenters. The Labute approximate surface area is 96.9 Å². The summed E-state index contributed by atoms with van der Waals surface area (Å²) in [5.74, 6) is 0.202. The molecule has 0 amide bonds. The maximum Gasteiger partial charge on any atom is 0.166 e. The van der Waals surface area contributed by atoms with Gasteiger partial charge in [-0.15, -0.1) is 0 Å². The van der Waals surface area contributed by atoms with Crippen molar-refractivity contribution in [3.8, 4) is 0 Å². The quantitative estimate of drug-likeness (QED) is 0.791. The minimum absolute atomic E-state index is 0.0647. The average Bonchev–Trinajstić information content (AvgIpc) is 2.62. The Bertz CT molecular complexity index is 215. The Kier molecular flexibility index (Phi) is 4.19. The molecule has 4 nitrogen and oxygen atoms in total. The van der Waals surface area contributed by atoms with Gasteiger partial charge in [-0.05, 0) is 32.1 Å². The van der Waals surface area contributed by atoms with Crippen LogP contribution in [0.15, 0.2) is 0 Å². The molecule has 0 bridgehead atoms. The van der Waals surface area contributed by atoms with Crippen molar-refractivity contribution in [3.63, 3.8) is 0 Å². The Balaban J connectivity index is 1.79. The van der Waals surface area contributed by atoms with Crippen LogP contribution in [0, 0.1) is 5.92 Å². The second-order valence-corrected chi connectivity index (χ2v) is 4.96. The molecular formula is C12H22O4. The summed E-state index contributed by atoms with van der Waals surface area (Å²) in [6.07, 6.45) is 3.89. The molecule has 2 heterocycles. The molecule has 16 heavy (non-hydrogen) atoms. The van der Waals surface area contributed by atoms with Crippen molar-refractivity contribution >= 4 is 0 Å². The summed E-state index contributed by atoms with van der Waals surface area (Å²) in [5, 5.41) is 8.87. The van der Waals surface area contributed by atoms with Crippen LogP contribution in [-0.2, 0) is 14.2 Å². The molecular weight excluding hydrogens is 208 g/mol. The van der Waals surface area contributed by atoms with Crippen LogP contribution in [0.3, 0.4) is 0 Å². The molecule has 0 aromatic carbocycles. The predicted octanol–water partition coefficient (Wildman–Crippen LogP) is 1.32. The van der Waals surface area contributed by atoms with E-state index in [1.165, 1.54) is 0 Å². The standard InChI is InChI=1S/C12H22O4/c1-12(8-10-3-6-14-7-4-10)15-9-11(16-12)2-5-13/h10-11,13H,2-9H2,1H3. The van der Waals surface area contributed by atoms with Gasteiger partial charge in [-0.1, -0.05) is 0 Å². The summed E-state index contributed by atoms with van der Waals surface area (Å²) in [4.78, 5) is 0. The maximum absolute atomic E-state index is 8.87. The first-order chi connectivity index (χ1) is 7.72. The van der Waals surface area contributed by atoms with Crippen molar-refractivity contribution in [1.82, 2.24) is 0 Å². The number of aliphatic hydroxyl groups excluding tert-OH is 1. The Hall–Kier alpha value is -0.160. The molecule has 2 saturated heterocycles. The fourth-order valence-corrected chi connectivity index (χ4v) is 2.56. The highest BCUT2D eigenvalue weighted by Gasteiger charge is 2.38. The van der Waals surface area contributed by atoms with Gasteiger partial charge in [0.2, 0.25) is 0 Å². The zero-order valence-corrected chi connectivity index (χ0v) is 9.98. The molecule has 0 radical (unpaired) electrons. The first kappa shape index (κ1) is 12.3. The van der Waals surface area contributed by atoms with Crippen molar-refractivity contribution in [2.75, 3.05) is 26.4 Å². The molecule has 0 aromatic rings. The number of ether oxygens (including phenoxy) is 3. The lowest BCUT2D eigenvalue weighted by Gasteiger charge is -2.30. The summed E-state index contributed by atoms with van der Waals surface area (Å²) >= 11 is 0. The topological polar surface area (TPSA) is 47.9 Å². The monoisotopic (exact) mass is 230 g/mol. The van der Waals surface area contributed by atoms with Gasteiger partial charge in [-0.2, -0.15) is 0 Å². The van der Waals surface area contributed by atoms with Crippen molar-refractivity contribution < 1.29 is 19.3 Å². The van der Waals surface area contributed by atoms with E-state index in [1.54, 1.807) is 0 Å². The molecule has 2 rings (SSSR count). The highest BCUT2D eigenvalue weighted by Crippen LogP contribution is 2.34. The third-order valence-corrected chi connectivity index (χ3v) is 3.44. The lowest BCUT2D eigenvalue weighted by molar-refractivity contribution is -0.171. The van der Waals surface area contributed by atoms with Crippen LogP contribution >= 0.6 is 0 Å². The molecule has 0 aliphatic carbocycles. The van der Waals surface area contributed by atoms with E-state index in [0.717, 1.165) is 32.5 Å². The van der Waals surface area contributed by atoms with Gasteiger partial charge in [0.05, 0.1) is 12.7 Å². The molecule has 0 saturated carbocycles. The van der Waals surface area contributed by atoms with E-state index in [9.17, 15) is 0 Å². The first-order valence-electron chi connectivity index (χ1n) is 6.22. The predicted molar refractivity (Wildman–Crippen MR) is 59.1 cm³/mol. The van der Waals surface area contributed by atoms with Crippen LogP contribution in [0.5, 0.6) is 0 Å². The summed E-state index contributed by atoms with van der Waals surface area (Å²) in [5.41, 5.74) is 0. The smallest absolute Gasteiger partial charge is 0.166 e. The fourth-order valence-electron chi connectivity index (χ4n) is 2.56. The Morgan fingerprint density at radius 1 is 1.31 bits per heavy atom. The molecule has 0 spiro atoms. The lowest BCUT2D eigenvalue weighted by atomic mass is 9.92. The van der Waals surface area contributed by atoms with Gasteiger partial charge in [-0.3, -0.25) is 0 Å². The third kappa shape index (κ3) is 3.17. The lowest BCUT2D eigenvalue weighted by Crippen LogP contribution is -2.32. The van der Waals surface area contributed by atoms with Crippen LogP contribution in [0.25, 0.3) is 0 Å². The SMILES string of the molecule is CC1(CC2CCOCC2)OCC(CCO)O1. The molecule has 2 atom stereocenters. The van der Waals surface area contributed by atoms with E-state index in [1.807, 2.05) is 6.92 Å². The van der Waals surface area contributed by atoms with Crippen molar-refractivity contribution in [2.24, 2.45) is 5.92 Å². The zero-order chi connectivity index (χ0) is 11.4. The highest BCUT2D eigenvalue weighted by atomic mass is 16.7. The first-order valence-corrected chi connectivity index (χ1v) is 6.22. The minimum Gasteiger partial charge on any atom is -0.396 e. The highest BCUT2D eigenvalue weighted by molar-refractivity contribution is 4.79. The van der Waals surface area contributed by atoms with Crippen molar-refractivity contribution in [1.29, 1.82) is 0 Å². The number of aliphatic hydroxyl groups is 1. The Morgan fingerprint density at radius 3 is 2.75 bits per heavy atom. The van der Waals surface area contributed by atoms with Crippen LogP contribution < -0.4 is 0 Å². The van der Waals surface area contributed by atoms with E-state index in [-0.39, 0.29) is 12.7 Å². The van der Waals surface area contributed by atoms with Gasteiger partial charge in [-0.25, -0.2) is 0 Å². The van der Waals surface area contributed by atoms with E-state index in [4.69, 9.17) is 19.3 Å². The van der Waals surface area contributed by atoms with Gasteiger partial charge in [0.1, 0.15) is 0 Å². The van der Waals surface area contributed by atoms with E-state index in [2.05, 4.69) is 0 Å². The molecule has 0 aromatic heterocycles. The van der Waals surface area contributed by atoms with Crippen LogP contribution in [-0.4, -0.2) is 43.4 Å². The van der Waals surface area contributed by atoms with E-state index in [0.29, 0.717) is 18.9 Å². The van der Waals surface area contributed by atoms with Gasteiger partial charge in [0.15, 0.2) is 5.79 Å². The van der Waals surface area contributed by atoms with Gasteiger partial charge < -0.3 is 19.3 Å². The molecule has 1 N–H and O–H groups in total. The van der Waals surface area contributed by atoms with Crippen molar-refractivity contribution in [3.05, 3.63) is 0 Å². The maximum atomic E-state index is 8.87. The zero-order valence-electron chi connectivity index (χ0n) is 9.98. The van der Waals surface area contributed by atoms with Crippen LogP contribution in [0.4, 0.5) is 0 Å². The molecule has 4 heteroatoms. The fraction of sp³-hybridized carbons (Fsp3) is 1.00.